The van der Waals surface area contributed by atoms with Gasteiger partial charge in [0.25, 0.3) is 0 Å². The van der Waals surface area contributed by atoms with Crippen molar-refractivity contribution in [2.24, 2.45) is 0 Å². The van der Waals surface area contributed by atoms with E-state index in [-0.39, 0.29) is 18.7 Å². The zero-order valence-corrected chi connectivity index (χ0v) is 17.1. The van der Waals surface area contributed by atoms with E-state index in [1.165, 1.54) is 6.92 Å². The Bertz CT molecular complexity index is 877. The van der Waals surface area contributed by atoms with E-state index < -0.39 is 0 Å². The molecule has 0 saturated carbocycles. The van der Waals surface area contributed by atoms with Crippen molar-refractivity contribution in [2.45, 2.75) is 19.6 Å². The smallest absolute Gasteiger partial charge is 0.302 e. The third-order valence-electron chi connectivity index (χ3n) is 4.03. The highest BCUT2D eigenvalue weighted by Crippen LogP contribution is 2.24. The average Bonchev–Trinajstić information content (AvgIpc) is 2.72. The first kappa shape index (κ1) is 20.0. The number of hydrogen-bond acceptors (Lipinski definition) is 4. The van der Waals surface area contributed by atoms with Crippen molar-refractivity contribution < 1.29 is 19.0 Å². The van der Waals surface area contributed by atoms with Crippen molar-refractivity contribution in [2.75, 3.05) is 6.61 Å². The lowest BCUT2D eigenvalue weighted by Crippen LogP contribution is -2.16. The molecule has 0 saturated heterocycles. The Hall–Kier alpha value is -2.79. The lowest BCUT2D eigenvalue weighted by Gasteiger charge is -2.19. The third kappa shape index (κ3) is 6.13. The first-order valence-corrected chi connectivity index (χ1v) is 9.72. The van der Waals surface area contributed by atoms with E-state index in [1.807, 2.05) is 78.9 Å². The molecule has 0 radical (unpaired) electrons. The maximum atomic E-state index is 11.2. The van der Waals surface area contributed by atoms with Crippen LogP contribution in [0.1, 0.15) is 24.2 Å². The summed E-state index contributed by atoms with van der Waals surface area (Å²) >= 11 is 3.41. The molecule has 0 bridgehead atoms. The Labute approximate surface area is 173 Å². The average molecular weight is 441 g/mol. The lowest BCUT2D eigenvalue weighted by atomic mass is 10.1. The predicted octanol–water partition coefficient (Wildman–Crippen LogP) is 5.71. The molecule has 0 heterocycles. The van der Waals surface area contributed by atoms with Gasteiger partial charge in [-0.25, -0.2) is 0 Å². The molecule has 3 aromatic rings. The fourth-order valence-corrected chi connectivity index (χ4v) is 2.85. The molecule has 3 rings (SSSR count). The summed E-state index contributed by atoms with van der Waals surface area (Å²) in [6, 6.07) is 25.1. The molecule has 1 atom stereocenters. The van der Waals surface area contributed by atoms with E-state index in [4.69, 9.17) is 14.2 Å². The molecule has 0 N–H and O–H groups in total. The molecule has 4 nitrogen and oxygen atoms in total. The molecule has 1 unspecified atom stereocenters. The topological polar surface area (TPSA) is 44.8 Å². The normalized spacial score (nSPS) is 11.5. The summed E-state index contributed by atoms with van der Waals surface area (Å²) in [5.41, 5.74) is 1.98. The second-order valence-electron chi connectivity index (χ2n) is 6.21. The van der Waals surface area contributed by atoms with Crippen LogP contribution in [0.25, 0.3) is 0 Å². The highest BCUT2D eigenvalue weighted by molar-refractivity contribution is 9.10. The van der Waals surface area contributed by atoms with E-state index in [1.54, 1.807) is 0 Å². The molecule has 0 aromatic heterocycles. The third-order valence-corrected chi connectivity index (χ3v) is 4.56. The van der Waals surface area contributed by atoms with Gasteiger partial charge in [-0.05, 0) is 47.5 Å². The predicted molar refractivity (Wildman–Crippen MR) is 111 cm³/mol. The first-order chi connectivity index (χ1) is 13.6. The van der Waals surface area contributed by atoms with Gasteiger partial charge >= 0.3 is 5.97 Å². The molecule has 0 amide bonds. The summed E-state index contributed by atoms with van der Waals surface area (Å²) in [6.45, 7) is 2.02. The number of carbonyl (C=O) groups is 1. The Morgan fingerprint density at radius 3 is 2.18 bits per heavy atom. The number of carbonyl (C=O) groups excluding carboxylic acids is 1. The quantitative estimate of drug-likeness (QED) is 0.420. The monoisotopic (exact) mass is 440 g/mol. The minimum atomic E-state index is -0.366. The van der Waals surface area contributed by atoms with Gasteiger partial charge in [0.05, 0.1) is 0 Å². The van der Waals surface area contributed by atoms with Crippen LogP contribution in [-0.4, -0.2) is 12.6 Å². The highest BCUT2D eigenvalue weighted by Gasteiger charge is 2.15. The van der Waals surface area contributed by atoms with Crippen LogP contribution in [0, 0.1) is 0 Å². The summed E-state index contributed by atoms with van der Waals surface area (Å²) in [6.07, 6.45) is -0.366. The van der Waals surface area contributed by atoms with E-state index in [9.17, 15) is 4.79 Å². The number of rotatable bonds is 8. The highest BCUT2D eigenvalue weighted by atomic mass is 79.9. The van der Waals surface area contributed by atoms with E-state index in [0.717, 1.165) is 21.3 Å². The van der Waals surface area contributed by atoms with Gasteiger partial charge in [0.1, 0.15) is 24.7 Å². The number of esters is 1. The zero-order chi connectivity index (χ0) is 19.8. The number of benzene rings is 3. The molecule has 3 aromatic carbocycles. The van der Waals surface area contributed by atoms with E-state index in [2.05, 4.69) is 15.9 Å². The minimum Gasteiger partial charge on any atom is -0.489 e. The Morgan fingerprint density at radius 2 is 1.54 bits per heavy atom. The lowest BCUT2D eigenvalue weighted by molar-refractivity contribution is -0.143. The van der Waals surface area contributed by atoms with Crippen LogP contribution in [0.15, 0.2) is 83.3 Å². The van der Waals surface area contributed by atoms with Gasteiger partial charge < -0.3 is 14.2 Å². The van der Waals surface area contributed by atoms with Crippen LogP contribution >= 0.6 is 15.9 Å². The van der Waals surface area contributed by atoms with Gasteiger partial charge in [-0.3, -0.25) is 4.79 Å². The van der Waals surface area contributed by atoms with Gasteiger partial charge in [0.2, 0.25) is 0 Å². The zero-order valence-electron chi connectivity index (χ0n) is 15.5. The summed E-state index contributed by atoms with van der Waals surface area (Å²) in [5, 5.41) is 0. The van der Waals surface area contributed by atoms with Crippen LogP contribution in [0.3, 0.4) is 0 Å². The van der Waals surface area contributed by atoms with Crippen LogP contribution < -0.4 is 9.47 Å². The van der Waals surface area contributed by atoms with Gasteiger partial charge in [-0.2, -0.15) is 0 Å². The molecular weight excluding hydrogens is 420 g/mol. The van der Waals surface area contributed by atoms with Crippen molar-refractivity contribution in [1.82, 2.24) is 0 Å². The number of halogens is 1. The summed E-state index contributed by atoms with van der Waals surface area (Å²) < 4.78 is 18.0. The molecule has 0 fully saturated rings. The van der Waals surface area contributed by atoms with Crippen molar-refractivity contribution in [3.8, 4) is 11.5 Å². The summed E-state index contributed by atoms with van der Waals surface area (Å²) in [4.78, 5) is 11.2. The Morgan fingerprint density at radius 1 is 0.893 bits per heavy atom. The standard InChI is InChI=1S/C23H21BrO4/c1-17(25)26-16-23(19-5-3-2-4-6-19)28-22-11-7-18(8-12-22)15-27-21-13-9-20(24)10-14-21/h2-14,23H,15-16H2,1H3. The first-order valence-electron chi connectivity index (χ1n) is 8.92. The molecule has 0 aliphatic rings. The molecule has 5 heteroatoms. The fraction of sp³-hybridized carbons (Fsp3) is 0.174. The van der Waals surface area contributed by atoms with Crippen molar-refractivity contribution >= 4 is 21.9 Å². The Balaban J connectivity index is 1.62. The van der Waals surface area contributed by atoms with Crippen LogP contribution in [0.4, 0.5) is 0 Å². The SMILES string of the molecule is CC(=O)OCC(Oc1ccc(COc2ccc(Br)cc2)cc1)c1ccccc1. The van der Waals surface area contributed by atoms with Crippen molar-refractivity contribution in [3.63, 3.8) is 0 Å². The van der Waals surface area contributed by atoms with Crippen LogP contribution in [-0.2, 0) is 16.1 Å². The molecule has 28 heavy (non-hydrogen) atoms. The van der Waals surface area contributed by atoms with Gasteiger partial charge in [-0.1, -0.05) is 58.4 Å². The largest absolute Gasteiger partial charge is 0.489 e. The Kier molecular flexibility index (Phi) is 7.09. The molecular formula is C23H21BrO4. The molecule has 144 valence electrons. The van der Waals surface area contributed by atoms with Crippen LogP contribution in [0.5, 0.6) is 11.5 Å². The molecule has 0 aliphatic carbocycles. The van der Waals surface area contributed by atoms with Crippen molar-refractivity contribution in [3.05, 3.63) is 94.5 Å². The summed E-state index contributed by atoms with van der Waals surface area (Å²) in [5.74, 6) is 1.19. The van der Waals surface area contributed by atoms with E-state index in [0.29, 0.717) is 12.4 Å². The number of hydrogen-bond donors (Lipinski definition) is 0. The molecule has 0 spiro atoms. The van der Waals surface area contributed by atoms with Crippen LogP contribution in [0.2, 0.25) is 0 Å². The number of ether oxygens (including phenoxy) is 3. The second-order valence-corrected chi connectivity index (χ2v) is 7.12. The second kappa shape index (κ2) is 9.95. The molecule has 0 aliphatic heterocycles. The van der Waals surface area contributed by atoms with Gasteiger partial charge in [0, 0.05) is 11.4 Å². The summed E-state index contributed by atoms with van der Waals surface area (Å²) in [7, 11) is 0. The minimum absolute atomic E-state index is 0.160. The van der Waals surface area contributed by atoms with E-state index >= 15 is 0 Å². The van der Waals surface area contributed by atoms with Gasteiger partial charge in [-0.15, -0.1) is 0 Å². The fourth-order valence-electron chi connectivity index (χ4n) is 2.59. The van der Waals surface area contributed by atoms with Gasteiger partial charge in [0.15, 0.2) is 6.10 Å². The maximum absolute atomic E-state index is 11.2. The van der Waals surface area contributed by atoms with Crippen molar-refractivity contribution in [1.29, 1.82) is 0 Å². The maximum Gasteiger partial charge on any atom is 0.302 e.